The summed E-state index contributed by atoms with van der Waals surface area (Å²) >= 11 is 0. The van der Waals surface area contributed by atoms with Gasteiger partial charge in [0, 0.05) is 0 Å². The highest BCUT2D eigenvalue weighted by molar-refractivity contribution is 4.99. The van der Waals surface area contributed by atoms with Crippen LogP contribution in [-0.2, 0) is 0 Å². The predicted molar refractivity (Wildman–Crippen MR) is 58.3 cm³/mol. The van der Waals surface area contributed by atoms with Gasteiger partial charge in [0.25, 0.3) is 0 Å². The molecule has 0 nitrogen and oxygen atoms in total. The highest BCUT2D eigenvalue weighted by atomic mass is 19.4. The Morgan fingerprint density at radius 2 is 1.37 bits per heavy atom. The minimum atomic E-state index is -5.24. The minimum Gasteiger partial charge on any atom is -0.170 e. The lowest BCUT2D eigenvalue weighted by Gasteiger charge is -2.38. The second kappa shape index (κ2) is 4.29. The highest BCUT2D eigenvalue weighted by Gasteiger charge is 2.68. The summed E-state index contributed by atoms with van der Waals surface area (Å²) in [6.45, 7) is 2.34. The first kappa shape index (κ1) is 15.0. The smallest absolute Gasteiger partial charge is 0.170 e. The lowest BCUT2D eigenvalue weighted by Crippen LogP contribution is -2.49. The Labute approximate surface area is 108 Å². The average molecular weight is 288 g/mol. The van der Waals surface area contributed by atoms with E-state index in [1.54, 1.807) is 0 Å². The minimum absolute atomic E-state index is 0.0454. The van der Waals surface area contributed by atoms with Gasteiger partial charge in [0.1, 0.15) is 0 Å². The van der Waals surface area contributed by atoms with E-state index in [4.69, 9.17) is 0 Å². The predicted octanol–water partition coefficient (Wildman–Crippen LogP) is 5.19. The van der Waals surface area contributed by atoms with Gasteiger partial charge in [-0.05, 0) is 56.3 Å². The van der Waals surface area contributed by atoms with Gasteiger partial charge in [-0.1, -0.05) is 6.92 Å². The molecule has 2 aliphatic rings. The van der Waals surface area contributed by atoms with Crippen molar-refractivity contribution in [3.63, 3.8) is 0 Å². The third kappa shape index (κ3) is 2.35. The zero-order valence-electron chi connectivity index (χ0n) is 10.9. The lowest BCUT2D eigenvalue weighted by atomic mass is 9.72. The first-order valence-corrected chi connectivity index (χ1v) is 6.59. The molecule has 6 heteroatoms. The summed E-state index contributed by atoms with van der Waals surface area (Å²) in [5.74, 6) is 0.378. The van der Waals surface area contributed by atoms with Crippen LogP contribution >= 0.6 is 0 Å². The Kier molecular flexibility index (Phi) is 3.38. The molecule has 112 valence electrons. The fraction of sp³-hybridized carbons (Fsp3) is 1.00. The second-order valence-corrected chi connectivity index (χ2v) is 6.50. The van der Waals surface area contributed by atoms with E-state index in [1.165, 1.54) is 0 Å². The van der Waals surface area contributed by atoms with Crippen molar-refractivity contribution in [2.75, 3.05) is 0 Å². The Hall–Kier alpha value is -0.420. The lowest BCUT2D eigenvalue weighted by molar-refractivity contribution is -0.340. The normalized spacial score (nSPS) is 36.0. The number of hydrogen-bond acceptors (Lipinski definition) is 0. The molecule has 19 heavy (non-hydrogen) atoms. The summed E-state index contributed by atoms with van der Waals surface area (Å²) in [5, 5.41) is 0. The zero-order valence-corrected chi connectivity index (χ0v) is 10.9. The Balaban J connectivity index is 2.16. The van der Waals surface area contributed by atoms with E-state index in [1.807, 2.05) is 6.92 Å². The van der Waals surface area contributed by atoms with Gasteiger partial charge < -0.3 is 0 Å². The van der Waals surface area contributed by atoms with Crippen molar-refractivity contribution in [2.24, 2.45) is 29.1 Å². The zero-order chi connectivity index (χ0) is 14.6. The van der Waals surface area contributed by atoms with E-state index in [0.29, 0.717) is 25.2 Å². The molecule has 0 aromatic carbocycles. The third-order valence-electron chi connectivity index (χ3n) is 5.28. The summed E-state index contributed by atoms with van der Waals surface area (Å²) in [7, 11) is 0. The summed E-state index contributed by atoms with van der Waals surface area (Å²) in [4.78, 5) is 0. The second-order valence-electron chi connectivity index (χ2n) is 6.50. The average Bonchev–Trinajstić information content (AvgIpc) is 2.72. The molecule has 0 amide bonds. The SMILES string of the molecule is CC1CC2CC1CC2CC(C)(C(F)(F)F)C(F)(F)F. The van der Waals surface area contributed by atoms with E-state index < -0.39 is 30.1 Å². The van der Waals surface area contributed by atoms with Gasteiger partial charge in [-0.25, -0.2) is 0 Å². The van der Waals surface area contributed by atoms with E-state index >= 15 is 0 Å². The third-order valence-corrected chi connectivity index (χ3v) is 5.28. The van der Waals surface area contributed by atoms with Gasteiger partial charge in [0.2, 0.25) is 0 Å². The molecule has 0 saturated heterocycles. The van der Waals surface area contributed by atoms with Crippen molar-refractivity contribution in [2.45, 2.75) is 51.9 Å². The molecule has 2 bridgehead atoms. The van der Waals surface area contributed by atoms with Crippen LogP contribution in [0.4, 0.5) is 26.3 Å². The largest absolute Gasteiger partial charge is 0.402 e. The number of hydrogen-bond donors (Lipinski definition) is 0. The molecule has 2 saturated carbocycles. The molecule has 0 aromatic heterocycles. The van der Waals surface area contributed by atoms with Crippen molar-refractivity contribution in [1.82, 2.24) is 0 Å². The summed E-state index contributed by atoms with van der Waals surface area (Å²) < 4.78 is 77.1. The van der Waals surface area contributed by atoms with Crippen molar-refractivity contribution < 1.29 is 26.3 Å². The molecule has 0 aromatic rings. The van der Waals surface area contributed by atoms with Crippen LogP contribution < -0.4 is 0 Å². The first-order valence-electron chi connectivity index (χ1n) is 6.59. The molecule has 2 fully saturated rings. The highest BCUT2D eigenvalue weighted by Crippen LogP contribution is 2.60. The molecule has 0 heterocycles. The van der Waals surface area contributed by atoms with E-state index in [9.17, 15) is 26.3 Å². The van der Waals surface area contributed by atoms with Crippen molar-refractivity contribution in [3.8, 4) is 0 Å². The first-order chi connectivity index (χ1) is 8.46. The Morgan fingerprint density at radius 1 is 0.842 bits per heavy atom. The fourth-order valence-electron chi connectivity index (χ4n) is 3.85. The van der Waals surface area contributed by atoms with E-state index in [-0.39, 0.29) is 5.92 Å². The van der Waals surface area contributed by atoms with Crippen LogP contribution in [0.1, 0.15) is 39.5 Å². The number of rotatable bonds is 2. The molecule has 0 aliphatic heterocycles. The standard InChI is InChI=1S/C13H18F6/c1-7-3-9-4-8(7)5-10(9)6-11(2,12(14,15)16)13(17,18)19/h7-10H,3-6H2,1-2H3. The van der Waals surface area contributed by atoms with Gasteiger partial charge in [-0.3, -0.25) is 0 Å². The van der Waals surface area contributed by atoms with Gasteiger partial charge in [-0.2, -0.15) is 26.3 Å². The summed E-state index contributed by atoms with van der Waals surface area (Å²) in [5.41, 5.74) is -3.57. The maximum atomic E-state index is 12.9. The quantitative estimate of drug-likeness (QED) is 0.613. The molecule has 2 aliphatic carbocycles. The molecule has 0 radical (unpaired) electrons. The van der Waals surface area contributed by atoms with E-state index in [0.717, 1.165) is 12.8 Å². The van der Waals surface area contributed by atoms with Crippen LogP contribution in [0.25, 0.3) is 0 Å². The molecule has 2 rings (SSSR count). The number of alkyl halides is 6. The number of halogens is 6. The maximum Gasteiger partial charge on any atom is 0.402 e. The van der Waals surface area contributed by atoms with Crippen LogP contribution in [0.3, 0.4) is 0 Å². The van der Waals surface area contributed by atoms with Crippen LogP contribution in [-0.4, -0.2) is 12.4 Å². The molecule has 0 spiro atoms. The molecule has 4 unspecified atom stereocenters. The summed E-state index contributed by atoms with van der Waals surface area (Å²) in [6.07, 6.45) is -9.18. The van der Waals surface area contributed by atoms with Crippen LogP contribution in [0.15, 0.2) is 0 Å². The Morgan fingerprint density at radius 3 is 1.68 bits per heavy atom. The van der Waals surface area contributed by atoms with Gasteiger partial charge in [0.15, 0.2) is 5.41 Å². The van der Waals surface area contributed by atoms with Crippen LogP contribution in [0.2, 0.25) is 0 Å². The van der Waals surface area contributed by atoms with Gasteiger partial charge >= 0.3 is 12.4 Å². The van der Waals surface area contributed by atoms with Gasteiger partial charge in [0.05, 0.1) is 0 Å². The monoisotopic (exact) mass is 288 g/mol. The van der Waals surface area contributed by atoms with Gasteiger partial charge in [-0.15, -0.1) is 0 Å². The summed E-state index contributed by atoms with van der Waals surface area (Å²) in [6, 6.07) is 0. The molecule has 4 atom stereocenters. The fourth-order valence-corrected chi connectivity index (χ4v) is 3.85. The Bertz CT molecular complexity index is 326. The van der Waals surface area contributed by atoms with Crippen molar-refractivity contribution in [1.29, 1.82) is 0 Å². The topological polar surface area (TPSA) is 0 Å². The van der Waals surface area contributed by atoms with E-state index in [2.05, 4.69) is 0 Å². The van der Waals surface area contributed by atoms with Crippen molar-refractivity contribution in [3.05, 3.63) is 0 Å². The van der Waals surface area contributed by atoms with Crippen LogP contribution in [0.5, 0.6) is 0 Å². The molecular weight excluding hydrogens is 270 g/mol. The number of fused-ring (bicyclic) bond motifs is 2. The van der Waals surface area contributed by atoms with Crippen molar-refractivity contribution >= 4 is 0 Å². The maximum absolute atomic E-state index is 12.9. The molecular formula is C13H18F6. The molecule has 0 N–H and O–H groups in total. The van der Waals surface area contributed by atoms with Crippen LogP contribution in [0, 0.1) is 29.1 Å².